The van der Waals surface area contributed by atoms with Crippen molar-refractivity contribution in [2.24, 2.45) is 5.92 Å². The Morgan fingerprint density at radius 3 is 2.47 bits per heavy atom. The number of aliphatic hydroxyl groups is 1. The Balaban J connectivity index is 1.84. The Bertz CT molecular complexity index is 1030. The number of benzene rings is 2. The summed E-state index contributed by atoms with van der Waals surface area (Å²) in [6, 6.07) is 11.2. The van der Waals surface area contributed by atoms with E-state index in [0.717, 1.165) is 34.4 Å². The molecule has 1 N–H and O–H groups in total. The number of anilines is 1. The monoisotopic (exact) mass is 408 g/mol. The third-order valence-electron chi connectivity index (χ3n) is 5.89. The Hall–Kier alpha value is -2.99. The van der Waals surface area contributed by atoms with Crippen LogP contribution in [0.2, 0.25) is 0 Å². The van der Waals surface area contributed by atoms with Crippen molar-refractivity contribution < 1.29 is 19.1 Å². The molecule has 2 aromatic rings. The zero-order valence-corrected chi connectivity index (χ0v) is 17.2. The highest BCUT2D eigenvalue weighted by atomic mass is 19.1. The minimum absolute atomic E-state index is 0.0481. The molecule has 0 saturated carbocycles. The highest BCUT2D eigenvalue weighted by molar-refractivity contribution is 6.45. The van der Waals surface area contributed by atoms with E-state index in [4.69, 9.17) is 0 Å². The average Bonchev–Trinajstić information content (AvgIpc) is 2.99. The van der Waals surface area contributed by atoms with Crippen molar-refractivity contribution in [2.45, 2.75) is 26.7 Å². The molecule has 2 aliphatic heterocycles. The van der Waals surface area contributed by atoms with E-state index in [2.05, 4.69) is 0 Å². The van der Waals surface area contributed by atoms with Gasteiger partial charge in [0.2, 0.25) is 0 Å². The van der Waals surface area contributed by atoms with Crippen molar-refractivity contribution in [3.05, 3.63) is 70.7 Å². The molecule has 6 heteroatoms. The van der Waals surface area contributed by atoms with E-state index in [0.29, 0.717) is 30.0 Å². The maximum atomic E-state index is 13.5. The summed E-state index contributed by atoms with van der Waals surface area (Å²) in [5.74, 6) is -1.17. The van der Waals surface area contributed by atoms with Gasteiger partial charge in [0.25, 0.3) is 11.8 Å². The molecule has 1 unspecified atom stereocenters. The van der Waals surface area contributed by atoms with E-state index in [9.17, 15) is 19.1 Å². The van der Waals surface area contributed by atoms with E-state index in [1.54, 1.807) is 0 Å². The highest BCUT2D eigenvalue weighted by Gasteiger charge is 2.43. The van der Waals surface area contributed by atoms with Crippen LogP contribution in [0.4, 0.5) is 10.1 Å². The van der Waals surface area contributed by atoms with Gasteiger partial charge < -0.3 is 10.0 Å². The first-order chi connectivity index (χ1) is 14.4. The second-order valence-electron chi connectivity index (χ2n) is 8.10. The predicted molar refractivity (Wildman–Crippen MR) is 113 cm³/mol. The fraction of sp³-hybridized carbons (Fsp3) is 0.333. The van der Waals surface area contributed by atoms with E-state index in [1.165, 1.54) is 24.3 Å². The fourth-order valence-electron chi connectivity index (χ4n) is 4.39. The Morgan fingerprint density at radius 2 is 1.80 bits per heavy atom. The Labute approximate surface area is 175 Å². The maximum Gasteiger partial charge on any atom is 0.282 e. The second kappa shape index (κ2) is 8.03. The number of rotatable bonds is 4. The number of halogens is 1. The van der Waals surface area contributed by atoms with Gasteiger partial charge >= 0.3 is 0 Å². The molecule has 0 bridgehead atoms. The molecule has 0 aromatic heterocycles. The molecule has 1 saturated heterocycles. The number of imide groups is 1. The summed E-state index contributed by atoms with van der Waals surface area (Å²) in [7, 11) is 0. The van der Waals surface area contributed by atoms with Crippen LogP contribution >= 0.6 is 0 Å². The molecule has 4 rings (SSSR count). The molecule has 5 nitrogen and oxygen atoms in total. The van der Waals surface area contributed by atoms with Crippen molar-refractivity contribution in [3.8, 4) is 0 Å². The van der Waals surface area contributed by atoms with Crippen LogP contribution in [-0.4, -0.2) is 41.5 Å². The predicted octanol–water partition coefficient (Wildman–Crippen LogP) is 3.43. The van der Waals surface area contributed by atoms with Crippen LogP contribution in [0.15, 0.2) is 48.2 Å². The SMILES string of the molecule is Cc1ccc(C2=C(N3CCCC(CO)C3)C(=O)N(c3ccc(F)cc3)C2=O)c(C)c1. The van der Waals surface area contributed by atoms with E-state index in [1.807, 2.05) is 36.9 Å². The van der Waals surface area contributed by atoms with E-state index in [-0.39, 0.29) is 12.5 Å². The highest BCUT2D eigenvalue weighted by Crippen LogP contribution is 2.37. The number of amides is 2. The van der Waals surface area contributed by atoms with Crippen LogP contribution in [0, 0.1) is 25.6 Å². The molecular formula is C24H25FN2O3. The molecule has 2 heterocycles. The molecule has 2 aromatic carbocycles. The van der Waals surface area contributed by atoms with Gasteiger partial charge in [-0.05, 0) is 68.0 Å². The van der Waals surface area contributed by atoms with Crippen LogP contribution in [0.3, 0.4) is 0 Å². The average molecular weight is 408 g/mol. The van der Waals surface area contributed by atoms with Crippen LogP contribution in [0.25, 0.3) is 5.57 Å². The number of aryl methyl sites for hydroxylation is 2. The van der Waals surface area contributed by atoms with Crippen LogP contribution in [0.5, 0.6) is 0 Å². The second-order valence-corrected chi connectivity index (χ2v) is 8.10. The number of likely N-dealkylation sites (tertiary alicyclic amines) is 1. The smallest absolute Gasteiger partial charge is 0.282 e. The van der Waals surface area contributed by atoms with Crippen molar-refractivity contribution in [3.63, 3.8) is 0 Å². The number of carbonyl (C=O) groups excluding carboxylic acids is 2. The molecule has 1 fully saturated rings. The number of hydrogen-bond acceptors (Lipinski definition) is 4. The summed E-state index contributed by atoms with van der Waals surface area (Å²) in [6.07, 6.45) is 1.73. The zero-order valence-electron chi connectivity index (χ0n) is 17.2. The molecule has 0 spiro atoms. The number of carbonyl (C=O) groups is 2. The quantitative estimate of drug-likeness (QED) is 0.788. The molecule has 2 aliphatic rings. The third-order valence-corrected chi connectivity index (χ3v) is 5.89. The van der Waals surface area contributed by atoms with E-state index >= 15 is 0 Å². The maximum absolute atomic E-state index is 13.5. The molecular weight excluding hydrogens is 383 g/mol. The van der Waals surface area contributed by atoms with Gasteiger partial charge in [-0.2, -0.15) is 0 Å². The van der Waals surface area contributed by atoms with Gasteiger partial charge in [-0.3, -0.25) is 9.59 Å². The van der Waals surface area contributed by atoms with Crippen molar-refractivity contribution in [2.75, 3.05) is 24.6 Å². The molecule has 1 atom stereocenters. The Morgan fingerprint density at radius 1 is 1.07 bits per heavy atom. The van der Waals surface area contributed by atoms with Gasteiger partial charge in [0.05, 0.1) is 11.3 Å². The van der Waals surface area contributed by atoms with Gasteiger partial charge in [-0.15, -0.1) is 0 Å². The molecule has 0 aliphatic carbocycles. The lowest BCUT2D eigenvalue weighted by Gasteiger charge is -2.34. The molecule has 0 radical (unpaired) electrons. The summed E-state index contributed by atoms with van der Waals surface area (Å²) in [5, 5.41) is 9.64. The standard InChI is InChI=1S/C24H25FN2O3/c1-15-5-10-20(16(2)12-15)21-22(26-11-3-4-17(13-26)14-28)24(30)27(23(21)29)19-8-6-18(25)7-9-19/h5-10,12,17,28H,3-4,11,13-14H2,1-2H3. The lowest BCUT2D eigenvalue weighted by molar-refractivity contribution is -0.120. The minimum Gasteiger partial charge on any atom is -0.396 e. The molecule has 2 amide bonds. The van der Waals surface area contributed by atoms with Gasteiger partial charge in [-0.25, -0.2) is 9.29 Å². The summed E-state index contributed by atoms with van der Waals surface area (Å²) in [6.45, 7) is 5.13. The lowest BCUT2D eigenvalue weighted by atomic mass is 9.95. The van der Waals surface area contributed by atoms with Gasteiger partial charge in [0.15, 0.2) is 0 Å². The normalized spacial score (nSPS) is 19.8. The number of hydrogen-bond donors (Lipinski definition) is 1. The van der Waals surface area contributed by atoms with Gasteiger partial charge in [-0.1, -0.05) is 23.8 Å². The number of nitrogens with zero attached hydrogens (tertiary/aromatic N) is 2. The summed E-state index contributed by atoms with van der Waals surface area (Å²) in [4.78, 5) is 30.1. The van der Waals surface area contributed by atoms with Crippen molar-refractivity contribution in [1.82, 2.24) is 4.90 Å². The van der Waals surface area contributed by atoms with Gasteiger partial charge in [0, 0.05) is 19.7 Å². The molecule has 30 heavy (non-hydrogen) atoms. The number of piperidine rings is 1. The third kappa shape index (κ3) is 3.52. The first-order valence-corrected chi connectivity index (χ1v) is 10.2. The van der Waals surface area contributed by atoms with Crippen molar-refractivity contribution >= 4 is 23.1 Å². The largest absolute Gasteiger partial charge is 0.396 e. The summed E-state index contributed by atoms with van der Waals surface area (Å²) >= 11 is 0. The fourth-order valence-corrected chi connectivity index (χ4v) is 4.39. The minimum atomic E-state index is -0.428. The zero-order chi connectivity index (χ0) is 21.4. The summed E-state index contributed by atoms with van der Waals surface area (Å²) < 4.78 is 13.4. The van der Waals surface area contributed by atoms with Crippen LogP contribution < -0.4 is 4.90 Å². The van der Waals surface area contributed by atoms with Crippen LogP contribution in [-0.2, 0) is 9.59 Å². The summed E-state index contributed by atoms with van der Waals surface area (Å²) in [5.41, 5.74) is 3.81. The van der Waals surface area contributed by atoms with Crippen molar-refractivity contribution in [1.29, 1.82) is 0 Å². The van der Waals surface area contributed by atoms with Crippen LogP contribution in [0.1, 0.15) is 29.5 Å². The van der Waals surface area contributed by atoms with E-state index < -0.39 is 17.6 Å². The first kappa shape index (κ1) is 20.3. The Kier molecular flexibility index (Phi) is 5.43. The number of aliphatic hydroxyl groups excluding tert-OH is 1. The first-order valence-electron chi connectivity index (χ1n) is 10.2. The topological polar surface area (TPSA) is 60.9 Å². The lowest BCUT2D eigenvalue weighted by Crippen LogP contribution is -2.40. The van der Waals surface area contributed by atoms with Gasteiger partial charge in [0.1, 0.15) is 11.5 Å². The molecule has 156 valence electrons.